The molecule has 0 aliphatic carbocycles. The summed E-state index contributed by atoms with van der Waals surface area (Å²) in [7, 11) is 0. The molecule has 1 nitrogen and oxygen atoms in total. The highest BCUT2D eigenvalue weighted by molar-refractivity contribution is 14.1. The zero-order valence-electron chi connectivity index (χ0n) is 5.39. The smallest absolute Gasteiger partial charge is 0.0130 e. The van der Waals surface area contributed by atoms with Gasteiger partial charge in [0.15, 0.2) is 0 Å². The van der Waals surface area contributed by atoms with E-state index in [0.717, 1.165) is 0 Å². The molecular formula is C7H10IN. The lowest BCUT2D eigenvalue weighted by atomic mass is 10.2. The maximum absolute atomic E-state index is 2.30. The van der Waals surface area contributed by atoms with Crippen LogP contribution in [0, 0.1) is 10.5 Å². The quantitative estimate of drug-likeness (QED) is 0.689. The molecule has 1 aromatic rings. The van der Waals surface area contributed by atoms with Gasteiger partial charge in [-0.25, -0.2) is 0 Å². The van der Waals surface area contributed by atoms with Gasteiger partial charge in [0, 0.05) is 3.57 Å². The van der Waals surface area contributed by atoms with Crippen LogP contribution in [-0.4, -0.2) is 0 Å². The third-order valence-electron chi connectivity index (χ3n) is 1.01. The Hall–Kier alpha value is -0.0900. The topological polar surface area (TPSA) is 35.0 Å². The zero-order valence-corrected chi connectivity index (χ0v) is 7.55. The number of rotatable bonds is 0. The van der Waals surface area contributed by atoms with Crippen LogP contribution in [0.1, 0.15) is 5.56 Å². The van der Waals surface area contributed by atoms with Gasteiger partial charge in [-0.2, -0.15) is 0 Å². The van der Waals surface area contributed by atoms with Crippen LogP contribution in [0.2, 0.25) is 0 Å². The van der Waals surface area contributed by atoms with Crippen molar-refractivity contribution in [2.75, 3.05) is 0 Å². The van der Waals surface area contributed by atoms with Crippen molar-refractivity contribution in [1.29, 1.82) is 0 Å². The molecule has 0 saturated carbocycles. The van der Waals surface area contributed by atoms with Gasteiger partial charge in [-0.15, -0.1) is 0 Å². The number of benzene rings is 1. The van der Waals surface area contributed by atoms with Crippen molar-refractivity contribution in [3.05, 3.63) is 33.4 Å². The molecule has 0 atom stereocenters. The molecule has 3 N–H and O–H groups in total. The van der Waals surface area contributed by atoms with E-state index in [1.807, 2.05) is 0 Å². The predicted molar refractivity (Wildman–Crippen MR) is 48.9 cm³/mol. The lowest BCUT2D eigenvalue weighted by Gasteiger charge is -1.88. The van der Waals surface area contributed by atoms with Crippen LogP contribution in [0.15, 0.2) is 24.3 Å². The molecule has 2 heteroatoms. The second-order valence-electron chi connectivity index (χ2n) is 1.80. The lowest BCUT2D eigenvalue weighted by molar-refractivity contribution is 1.46. The Bertz CT molecular complexity index is 148. The van der Waals surface area contributed by atoms with Crippen molar-refractivity contribution in [2.24, 2.45) is 0 Å². The molecule has 0 aliphatic rings. The number of halogens is 1. The molecule has 9 heavy (non-hydrogen) atoms. The molecule has 0 heterocycles. The Morgan fingerprint density at radius 2 is 1.56 bits per heavy atom. The van der Waals surface area contributed by atoms with E-state index in [1.165, 1.54) is 9.13 Å². The standard InChI is InChI=1S/C7H7I.H3N/c1-6-2-4-7(8)5-3-6;/h2-5H,1H3;1H3. The summed E-state index contributed by atoms with van der Waals surface area (Å²) in [6.07, 6.45) is 0. The van der Waals surface area contributed by atoms with E-state index in [2.05, 4.69) is 53.8 Å². The highest BCUT2D eigenvalue weighted by atomic mass is 127. The second kappa shape index (κ2) is 3.85. The summed E-state index contributed by atoms with van der Waals surface area (Å²) in [6, 6.07) is 8.44. The molecule has 0 unspecified atom stereocenters. The van der Waals surface area contributed by atoms with E-state index in [1.54, 1.807) is 0 Å². The SMILES string of the molecule is Cc1ccc(I)cc1.N. The third-order valence-corrected chi connectivity index (χ3v) is 1.73. The van der Waals surface area contributed by atoms with Crippen LogP contribution in [0.4, 0.5) is 0 Å². The average Bonchev–Trinajstić information content (AvgIpc) is 1.77. The largest absolute Gasteiger partial charge is 0.344 e. The van der Waals surface area contributed by atoms with Crippen molar-refractivity contribution in [3.63, 3.8) is 0 Å². The van der Waals surface area contributed by atoms with Crippen LogP contribution in [0.5, 0.6) is 0 Å². The molecule has 1 rings (SSSR count). The summed E-state index contributed by atoms with van der Waals surface area (Å²) in [5.74, 6) is 0. The van der Waals surface area contributed by atoms with Gasteiger partial charge in [0.1, 0.15) is 0 Å². The number of hydrogen-bond acceptors (Lipinski definition) is 1. The Balaban J connectivity index is 0.000000640. The number of aryl methyl sites for hydroxylation is 1. The minimum atomic E-state index is 0. The first-order valence-corrected chi connectivity index (χ1v) is 3.59. The molecule has 50 valence electrons. The molecule has 1 aromatic carbocycles. The predicted octanol–water partition coefficient (Wildman–Crippen LogP) is 2.76. The molecule has 0 bridgehead atoms. The fourth-order valence-corrected chi connectivity index (χ4v) is 0.893. The number of hydrogen-bond donors (Lipinski definition) is 1. The van der Waals surface area contributed by atoms with Crippen molar-refractivity contribution < 1.29 is 0 Å². The van der Waals surface area contributed by atoms with Gasteiger partial charge in [-0.3, -0.25) is 0 Å². The summed E-state index contributed by atoms with van der Waals surface area (Å²) in [6.45, 7) is 2.09. The summed E-state index contributed by atoms with van der Waals surface area (Å²) in [4.78, 5) is 0. The lowest BCUT2D eigenvalue weighted by Crippen LogP contribution is -1.69. The van der Waals surface area contributed by atoms with Gasteiger partial charge in [-0.1, -0.05) is 17.7 Å². The van der Waals surface area contributed by atoms with E-state index in [4.69, 9.17) is 0 Å². The van der Waals surface area contributed by atoms with Gasteiger partial charge in [0.2, 0.25) is 0 Å². The van der Waals surface area contributed by atoms with E-state index in [9.17, 15) is 0 Å². The molecule has 0 aromatic heterocycles. The Kier molecular flexibility index (Phi) is 3.81. The van der Waals surface area contributed by atoms with Crippen LogP contribution >= 0.6 is 22.6 Å². The van der Waals surface area contributed by atoms with Crippen LogP contribution in [-0.2, 0) is 0 Å². The summed E-state index contributed by atoms with van der Waals surface area (Å²) < 4.78 is 1.30. The monoisotopic (exact) mass is 235 g/mol. The molecule has 0 spiro atoms. The van der Waals surface area contributed by atoms with E-state index in [0.29, 0.717) is 0 Å². The highest BCUT2D eigenvalue weighted by Gasteiger charge is 1.81. The normalized spacial score (nSPS) is 8.22. The van der Waals surface area contributed by atoms with Gasteiger partial charge >= 0.3 is 0 Å². The maximum Gasteiger partial charge on any atom is 0.0130 e. The molecule has 0 aliphatic heterocycles. The first-order chi connectivity index (χ1) is 3.79. The molecule has 0 saturated heterocycles. The molecule has 0 radical (unpaired) electrons. The molecule has 0 amide bonds. The average molecular weight is 235 g/mol. The van der Waals surface area contributed by atoms with Crippen LogP contribution in [0.25, 0.3) is 0 Å². The van der Waals surface area contributed by atoms with E-state index >= 15 is 0 Å². The van der Waals surface area contributed by atoms with Crippen molar-refractivity contribution in [1.82, 2.24) is 6.15 Å². The van der Waals surface area contributed by atoms with Gasteiger partial charge in [-0.05, 0) is 41.6 Å². The summed E-state index contributed by atoms with van der Waals surface area (Å²) >= 11 is 2.30. The first kappa shape index (κ1) is 8.91. The zero-order chi connectivity index (χ0) is 5.98. The van der Waals surface area contributed by atoms with E-state index in [-0.39, 0.29) is 6.15 Å². The fourth-order valence-electron chi connectivity index (χ4n) is 0.533. The van der Waals surface area contributed by atoms with E-state index < -0.39 is 0 Å². The van der Waals surface area contributed by atoms with Crippen molar-refractivity contribution >= 4 is 22.6 Å². The van der Waals surface area contributed by atoms with Gasteiger partial charge < -0.3 is 6.15 Å². The summed E-state index contributed by atoms with van der Waals surface area (Å²) in [5, 5.41) is 0. The van der Waals surface area contributed by atoms with Crippen LogP contribution in [0.3, 0.4) is 0 Å². The fraction of sp³-hybridized carbons (Fsp3) is 0.143. The van der Waals surface area contributed by atoms with Crippen molar-refractivity contribution in [2.45, 2.75) is 6.92 Å². The minimum absolute atomic E-state index is 0. The molecule has 0 fully saturated rings. The Morgan fingerprint density at radius 1 is 1.11 bits per heavy atom. The Labute approximate surface area is 69.2 Å². The third kappa shape index (κ3) is 2.81. The van der Waals surface area contributed by atoms with Gasteiger partial charge in [0.25, 0.3) is 0 Å². The summed E-state index contributed by atoms with van der Waals surface area (Å²) in [5.41, 5.74) is 1.32. The minimum Gasteiger partial charge on any atom is -0.344 e. The van der Waals surface area contributed by atoms with Crippen LogP contribution < -0.4 is 6.15 Å². The van der Waals surface area contributed by atoms with Gasteiger partial charge in [0.05, 0.1) is 0 Å². The maximum atomic E-state index is 2.30. The highest BCUT2D eigenvalue weighted by Crippen LogP contribution is 2.04. The molecular weight excluding hydrogens is 225 g/mol. The van der Waals surface area contributed by atoms with Crippen molar-refractivity contribution in [3.8, 4) is 0 Å². The second-order valence-corrected chi connectivity index (χ2v) is 3.04. The first-order valence-electron chi connectivity index (χ1n) is 2.51. The Morgan fingerprint density at radius 3 is 1.89 bits per heavy atom.